The Morgan fingerprint density at radius 1 is 0.970 bits per heavy atom. The van der Waals surface area contributed by atoms with Gasteiger partial charge in [0, 0.05) is 11.1 Å². The number of methoxy groups -OCH3 is 2. The van der Waals surface area contributed by atoms with Crippen LogP contribution in [0.4, 0.5) is 4.79 Å². The van der Waals surface area contributed by atoms with Crippen LogP contribution in [0.2, 0.25) is 0 Å². The number of benzene rings is 2. The number of carbonyl (C=O) groups is 1. The summed E-state index contributed by atoms with van der Waals surface area (Å²) in [5, 5.41) is 12.0. The van der Waals surface area contributed by atoms with Crippen LogP contribution in [0, 0.1) is 6.92 Å². The quantitative estimate of drug-likeness (QED) is 0.601. The van der Waals surface area contributed by atoms with E-state index in [1.807, 2.05) is 12.1 Å². The minimum absolute atomic E-state index is 0.0737. The van der Waals surface area contributed by atoms with E-state index < -0.39 is 6.03 Å². The molecule has 6 heteroatoms. The molecule has 2 aromatic rings. The Labute approximate surface area is 195 Å². The maximum absolute atomic E-state index is 12.1. The molecule has 0 saturated heterocycles. The Hall–Kier alpha value is -3.28. The van der Waals surface area contributed by atoms with Gasteiger partial charge in [-0.1, -0.05) is 33.8 Å². The smallest absolute Gasteiger partial charge is 0.493 e. The number of ether oxygens (including phenoxy) is 2. The van der Waals surface area contributed by atoms with Gasteiger partial charge in [0.25, 0.3) is 0 Å². The first kappa shape index (κ1) is 22.9. The summed E-state index contributed by atoms with van der Waals surface area (Å²) in [5.74, 6) is 1.04. The van der Waals surface area contributed by atoms with E-state index in [1.165, 1.54) is 21.9 Å². The summed E-state index contributed by atoms with van der Waals surface area (Å²) >= 11 is 0. The molecule has 1 heterocycles. The van der Waals surface area contributed by atoms with E-state index in [2.05, 4.69) is 52.1 Å². The van der Waals surface area contributed by atoms with Gasteiger partial charge in [0.2, 0.25) is 0 Å². The molecule has 2 N–H and O–H groups in total. The van der Waals surface area contributed by atoms with Gasteiger partial charge in [-0.25, -0.2) is 0 Å². The minimum atomic E-state index is -0.419. The molecule has 0 radical (unpaired) electrons. The Bertz CT molecular complexity index is 1210. The molecule has 33 heavy (non-hydrogen) atoms. The summed E-state index contributed by atoms with van der Waals surface area (Å²) in [7, 11) is 3.24. The molecule has 2 amide bonds. The van der Waals surface area contributed by atoms with Crippen molar-refractivity contribution < 1.29 is 24.0 Å². The number of aryl methyl sites for hydroxylation is 1. The lowest BCUT2D eigenvalue weighted by atomic mass is 9.62. The summed E-state index contributed by atoms with van der Waals surface area (Å²) in [5.41, 5.74) is 6.86. The van der Waals surface area contributed by atoms with E-state index in [4.69, 9.17) is 9.47 Å². The predicted molar refractivity (Wildman–Crippen MR) is 130 cm³/mol. The third-order valence-electron chi connectivity index (χ3n) is 7.01. The number of amides is 2. The van der Waals surface area contributed by atoms with Crippen LogP contribution < -0.4 is 14.8 Å². The van der Waals surface area contributed by atoms with Gasteiger partial charge < -0.3 is 14.6 Å². The second-order valence-electron chi connectivity index (χ2n) is 10.3. The van der Waals surface area contributed by atoms with Crippen molar-refractivity contribution in [2.75, 3.05) is 14.2 Å². The Morgan fingerprint density at radius 2 is 1.61 bits per heavy atom. The number of nitrogens with one attached hydrogen (secondary N) is 1. The molecule has 6 nitrogen and oxygen atoms in total. The summed E-state index contributed by atoms with van der Waals surface area (Å²) < 4.78 is 12.8. The van der Waals surface area contributed by atoms with Gasteiger partial charge in [-0.05, 0) is 71.0 Å². The zero-order valence-corrected chi connectivity index (χ0v) is 20.5. The Morgan fingerprint density at radius 3 is 2.15 bits per heavy atom. The minimum Gasteiger partial charge on any atom is -0.493 e. The molecule has 1 aliphatic carbocycles. The van der Waals surface area contributed by atoms with Crippen LogP contribution in [0.25, 0.3) is 11.1 Å². The first-order chi connectivity index (χ1) is 15.5. The molecule has 0 spiro atoms. The highest BCUT2D eigenvalue weighted by Gasteiger charge is 2.37. The molecule has 0 bridgehead atoms. The first-order valence-corrected chi connectivity index (χ1v) is 11.2. The number of rotatable bonds is 4. The van der Waals surface area contributed by atoms with Crippen LogP contribution in [0.5, 0.6) is 11.5 Å². The average molecular weight is 450 g/mol. The van der Waals surface area contributed by atoms with Crippen molar-refractivity contribution in [3.8, 4) is 22.6 Å². The lowest BCUT2D eigenvalue weighted by Crippen LogP contribution is -2.34. The van der Waals surface area contributed by atoms with E-state index in [1.54, 1.807) is 20.4 Å². The van der Waals surface area contributed by atoms with Crippen LogP contribution in [0.15, 0.2) is 36.3 Å². The molecule has 2 aromatic carbocycles. The van der Waals surface area contributed by atoms with E-state index in [-0.39, 0.29) is 16.7 Å². The molecule has 0 unspecified atom stereocenters. The highest BCUT2D eigenvalue weighted by Crippen LogP contribution is 2.49. The number of hydrogen-bond donors (Lipinski definition) is 2. The van der Waals surface area contributed by atoms with E-state index in [0.717, 1.165) is 35.1 Å². The summed E-state index contributed by atoms with van der Waals surface area (Å²) in [6, 6.07) is 8.02. The van der Waals surface area contributed by atoms with Gasteiger partial charge >= 0.3 is 11.9 Å². The van der Waals surface area contributed by atoms with Crippen LogP contribution in [0.1, 0.15) is 62.8 Å². The largest absolute Gasteiger partial charge is 0.503 e. The van der Waals surface area contributed by atoms with Gasteiger partial charge in [0.15, 0.2) is 17.7 Å². The van der Waals surface area contributed by atoms with Crippen molar-refractivity contribution in [1.82, 2.24) is 5.32 Å². The van der Waals surface area contributed by atoms with Crippen LogP contribution in [-0.2, 0) is 10.8 Å². The molecular weight excluding hydrogens is 416 g/mol. The van der Waals surface area contributed by atoms with Crippen molar-refractivity contribution in [1.29, 1.82) is 0 Å². The molecule has 4 rings (SSSR count). The lowest BCUT2D eigenvalue weighted by molar-refractivity contribution is -0.336. The molecule has 0 atom stereocenters. The second-order valence-corrected chi connectivity index (χ2v) is 10.3. The van der Waals surface area contributed by atoms with Crippen molar-refractivity contribution in [3.63, 3.8) is 0 Å². The second kappa shape index (κ2) is 7.94. The number of carbonyl (C=O) groups excluding carboxylic acids is 1. The van der Waals surface area contributed by atoms with E-state index >= 15 is 0 Å². The zero-order chi connectivity index (χ0) is 24.1. The maximum Gasteiger partial charge on any atom is 0.503 e. The van der Waals surface area contributed by atoms with Crippen LogP contribution in [-0.4, -0.2) is 36.1 Å². The highest BCUT2D eigenvalue weighted by molar-refractivity contribution is 5.88. The van der Waals surface area contributed by atoms with Gasteiger partial charge in [-0.3, -0.25) is 0 Å². The third-order valence-corrected chi connectivity index (χ3v) is 7.01. The number of hydrogen-bond acceptors (Lipinski definition) is 4. The number of nitrogens with zero attached hydrogens (tertiary/aromatic N) is 1. The molecule has 174 valence electrons. The summed E-state index contributed by atoms with van der Waals surface area (Å²) in [6.45, 7) is 11.4. The third kappa shape index (κ3) is 3.99. The number of aliphatic hydroxyl groups is 1. The van der Waals surface area contributed by atoms with Gasteiger partial charge in [0.1, 0.15) is 6.21 Å². The van der Waals surface area contributed by atoms with E-state index in [0.29, 0.717) is 11.5 Å². The normalized spacial score (nSPS) is 19.7. The maximum atomic E-state index is 12.1. The van der Waals surface area contributed by atoms with Crippen molar-refractivity contribution >= 4 is 12.2 Å². The van der Waals surface area contributed by atoms with Gasteiger partial charge in [-0.2, -0.15) is 14.7 Å². The zero-order valence-electron chi connectivity index (χ0n) is 20.5. The standard InChI is InChI=1S/C27H32N2O4/c1-16-10-20-21(27(4,5)9-8-26(20,2)3)13-18(16)19-11-17(12-22(32-6)24(19)33-7)14-29-15-23(30)28-25(29)31/h10-15H,8-9H2,1-7H3,(H-,28,30,31)/p+1. The molecule has 1 aliphatic heterocycles. The topological polar surface area (TPSA) is 70.8 Å². The SMILES string of the molecule is COc1cc(C=[N+]2C=C(O)NC2=O)cc(-c2cc3c(cc2C)C(C)(C)CCC3(C)C)c1OC. The van der Waals surface area contributed by atoms with Crippen molar-refractivity contribution in [3.05, 3.63) is 58.6 Å². The predicted octanol–water partition coefficient (Wildman–Crippen LogP) is 5.54. The molecule has 0 fully saturated rings. The number of fused-ring (bicyclic) bond motifs is 1. The Balaban J connectivity index is 1.95. The average Bonchev–Trinajstić information content (AvgIpc) is 3.07. The number of urea groups is 1. The molecular formula is C27H33N2O4+. The first-order valence-electron chi connectivity index (χ1n) is 11.2. The van der Waals surface area contributed by atoms with Gasteiger partial charge in [-0.15, -0.1) is 0 Å². The fourth-order valence-corrected chi connectivity index (χ4v) is 4.93. The number of aliphatic hydroxyl groups excluding tert-OH is 1. The highest BCUT2D eigenvalue weighted by atomic mass is 16.5. The monoisotopic (exact) mass is 449 g/mol. The van der Waals surface area contributed by atoms with Crippen molar-refractivity contribution in [2.24, 2.45) is 0 Å². The molecule has 0 saturated carbocycles. The molecule has 0 aromatic heterocycles. The fraction of sp³-hybridized carbons (Fsp3) is 0.407. The lowest BCUT2D eigenvalue weighted by Gasteiger charge is -2.42. The van der Waals surface area contributed by atoms with Crippen molar-refractivity contribution in [2.45, 2.75) is 58.3 Å². The van der Waals surface area contributed by atoms with Crippen LogP contribution in [0.3, 0.4) is 0 Å². The summed E-state index contributed by atoms with van der Waals surface area (Å²) in [6.07, 6.45) is 5.29. The Kier molecular flexibility index (Phi) is 5.51. The molecule has 2 aliphatic rings. The van der Waals surface area contributed by atoms with Gasteiger partial charge in [0.05, 0.1) is 14.2 Å². The summed E-state index contributed by atoms with van der Waals surface area (Å²) in [4.78, 5) is 12.1. The van der Waals surface area contributed by atoms with Crippen LogP contribution >= 0.6 is 0 Å². The fourth-order valence-electron chi connectivity index (χ4n) is 4.93. The van der Waals surface area contributed by atoms with E-state index in [9.17, 15) is 9.90 Å².